The molecule has 114 valence electrons. The van der Waals surface area contributed by atoms with Crippen molar-refractivity contribution in [2.24, 2.45) is 5.41 Å². The minimum Gasteiger partial charge on any atom is -0.480 e. The van der Waals surface area contributed by atoms with Gasteiger partial charge in [-0.3, -0.25) is 9.59 Å². The Balaban J connectivity index is 2.42. The van der Waals surface area contributed by atoms with Crippen LogP contribution in [0.2, 0.25) is 0 Å². The lowest BCUT2D eigenvalue weighted by Crippen LogP contribution is -2.39. The van der Waals surface area contributed by atoms with Gasteiger partial charge in [0.15, 0.2) is 5.78 Å². The highest BCUT2D eigenvalue weighted by Gasteiger charge is 2.49. The molecule has 1 fully saturated rings. The van der Waals surface area contributed by atoms with Crippen molar-refractivity contribution in [1.82, 2.24) is 0 Å². The van der Waals surface area contributed by atoms with E-state index in [9.17, 15) is 14.7 Å². The lowest BCUT2D eigenvalue weighted by molar-refractivity contribution is -0.155. The average Bonchev–Trinajstić information content (AvgIpc) is 2.86. The number of aryl methyl sites for hydroxylation is 3. The van der Waals surface area contributed by atoms with E-state index in [-0.39, 0.29) is 11.7 Å². The molecular formula is C18H24O3. The van der Waals surface area contributed by atoms with Gasteiger partial charge in [-0.25, -0.2) is 0 Å². The summed E-state index contributed by atoms with van der Waals surface area (Å²) in [5, 5.41) is 9.59. The summed E-state index contributed by atoms with van der Waals surface area (Å²) >= 11 is 0. The molecule has 1 aromatic carbocycles. The van der Waals surface area contributed by atoms with Gasteiger partial charge >= 0.3 is 5.97 Å². The molecule has 2 rings (SSSR count). The fourth-order valence-electron chi connectivity index (χ4n) is 3.96. The monoisotopic (exact) mass is 288 g/mol. The maximum Gasteiger partial charge on any atom is 0.317 e. The zero-order chi connectivity index (χ0) is 15.8. The first-order valence-electron chi connectivity index (χ1n) is 7.65. The normalized spacial score (nSPS) is 18.5. The number of carboxylic acid groups (broad SMARTS) is 1. The molecule has 1 aliphatic rings. The van der Waals surface area contributed by atoms with Gasteiger partial charge in [-0.1, -0.05) is 37.5 Å². The number of hydrogen-bond donors (Lipinski definition) is 1. The highest BCUT2D eigenvalue weighted by Crippen LogP contribution is 2.43. The SMILES string of the molecule is Cc1cc(C)c(C(C)C(=O)C2(C(=O)O)CCCC2)c(C)c1. The maximum atomic E-state index is 12.9. The van der Waals surface area contributed by atoms with Crippen molar-refractivity contribution in [2.75, 3.05) is 0 Å². The van der Waals surface area contributed by atoms with E-state index in [1.807, 2.05) is 27.7 Å². The van der Waals surface area contributed by atoms with Gasteiger partial charge in [-0.05, 0) is 50.3 Å². The largest absolute Gasteiger partial charge is 0.480 e. The predicted octanol–water partition coefficient (Wildman–Crippen LogP) is 3.93. The zero-order valence-corrected chi connectivity index (χ0v) is 13.3. The molecule has 0 radical (unpaired) electrons. The smallest absolute Gasteiger partial charge is 0.317 e. The van der Waals surface area contributed by atoms with Crippen molar-refractivity contribution >= 4 is 11.8 Å². The average molecular weight is 288 g/mol. The molecule has 1 aliphatic carbocycles. The van der Waals surface area contributed by atoms with Crippen molar-refractivity contribution in [2.45, 2.75) is 59.3 Å². The Hall–Kier alpha value is -1.64. The summed E-state index contributed by atoms with van der Waals surface area (Å²) < 4.78 is 0. The van der Waals surface area contributed by atoms with Crippen LogP contribution in [-0.2, 0) is 9.59 Å². The summed E-state index contributed by atoms with van der Waals surface area (Å²) in [6, 6.07) is 4.13. The van der Waals surface area contributed by atoms with Crippen LogP contribution in [0.4, 0.5) is 0 Å². The Morgan fingerprint density at radius 3 is 2.00 bits per heavy atom. The molecule has 0 aliphatic heterocycles. The van der Waals surface area contributed by atoms with Crippen molar-refractivity contribution in [3.63, 3.8) is 0 Å². The molecule has 3 heteroatoms. The molecule has 1 saturated carbocycles. The molecule has 1 N–H and O–H groups in total. The summed E-state index contributed by atoms with van der Waals surface area (Å²) in [5.74, 6) is -1.43. The van der Waals surface area contributed by atoms with E-state index in [1.54, 1.807) is 0 Å². The Labute approximate surface area is 126 Å². The summed E-state index contributed by atoms with van der Waals surface area (Å²) in [6.07, 6.45) is 2.62. The van der Waals surface area contributed by atoms with Crippen LogP contribution in [0.15, 0.2) is 12.1 Å². The lowest BCUT2D eigenvalue weighted by Gasteiger charge is -2.27. The third-order valence-electron chi connectivity index (χ3n) is 4.90. The highest BCUT2D eigenvalue weighted by atomic mass is 16.4. The maximum absolute atomic E-state index is 12.9. The van der Waals surface area contributed by atoms with Crippen LogP contribution in [0.5, 0.6) is 0 Å². The molecule has 21 heavy (non-hydrogen) atoms. The number of carbonyl (C=O) groups excluding carboxylic acids is 1. The number of benzene rings is 1. The van der Waals surface area contributed by atoms with E-state index in [0.717, 1.165) is 29.5 Å². The molecule has 1 unspecified atom stereocenters. The topological polar surface area (TPSA) is 54.4 Å². The van der Waals surface area contributed by atoms with Gasteiger partial charge in [0.2, 0.25) is 0 Å². The van der Waals surface area contributed by atoms with Gasteiger partial charge in [-0.2, -0.15) is 0 Å². The van der Waals surface area contributed by atoms with Gasteiger partial charge in [0.1, 0.15) is 5.41 Å². The first kappa shape index (κ1) is 15.7. The van der Waals surface area contributed by atoms with Gasteiger partial charge in [-0.15, -0.1) is 0 Å². The van der Waals surface area contributed by atoms with Crippen LogP contribution in [0.3, 0.4) is 0 Å². The molecule has 0 aromatic heterocycles. The second kappa shape index (κ2) is 5.63. The standard InChI is InChI=1S/C18H24O3/c1-11-9-12(2)15(13(3)10-11)14(4)16(19)18(17(20)21)7-5-6-8-18/h9-10,14H,5-8H2,1-4H3,(H,20,21). The minimum absolute atomic E-state index is 0.123. The molecule has 0 spiro atoms. The third kappa shape index (κ3) is 2.61. The quantitative estimate of drug-likeness (QED) is 0.854. The second-order valence-electron chi connectivity index (χ2n) is 6.49. The third-order valence-corrected chi connectivity index (χ3v) is 4.90. The van der Waals surface area contributed by atoms with Crippen LogP contribution < -0.4 is 0 Å². The summed E-state index contributed by atoms with van der Waals surface area (Å²) in [6.45, 7) is 7.89. The number of aliphatic carboxylic acids is 1. The Bertz CT molecular complexity index is 557. The van der Waals surface area contributed by atoms with Crippen LogP contribution in [0.25, 0.3) is 0 Å². The van der Waals surface area contributed by atoms with Crippen LogP contribution >= 0.6 is 0 Å². The van der Waals surface area contributed by atoms with Crippen LogP contribution in [-0.4, -0.2) is 16.9 Å². The highest BCUT2D eigenvalue weighted by molar-refractivity contribution is 6.06. The molecule has 0 amide bonds. The fourth-order valence-corrected chi connectivity index (χ4v) is 3.96. The van der Waals surface area contributed by atoms with Gasteiger partial charge < -0.3 is 5.11 Å². The molecule has 3 nitrogen and oxygen atoms in total. The van der Waals surface area contributed by atoms with Crippen molar-refractivity contribution < 1.29 is 14.7 Å². The minimum atomic E-state index is -1.16. The fraction of sp³-hybridized carbons (Fsp3) is 0.556. The first-order chi connectivity index (χ1) is 9.79. The van der Waals surface area contributed by atoms with E-state index in [0.29, 0.717) is 12.8 Å². The summed E-state index contributed by atoms with van der Waals surface area (Å²) in [5.41, 5.74) is 3.16. The Morgan fingerprint density at radius 1 is 1.10 bits per heavy atom. The molecule has 1 aromatic rings. The first-order valence-corrected chi connectivity index (χ1v) is 7.65. The van der Waals surface area contributed by atoms with Crippen molar-refractivity contribution in [3.8, 4) is 0 Å². The molecule has 0 bridgehead atoms. The summed E-state index contributed by atoms with van der Waals surface area (Å²) in [4.78, 5) is 24.6. The van der Waals surface area contributed by atoms with E-state index in [4.69, 9.17) is 0 Å². The molecule has 0 heterocycles. The van der Waals surface area contributed by atoms with Crippen molar-refractivity contribution in [1.29, 1.82) is 0 Å². The summed E-state index contributed by atoms with van der Waals surface area (Å²) in [7, 11) is 0. The number of hydrogen-bond acceptors (Lipinski definition) is 2. The predicted molar refractivity (Wildman–Crippen MR) is 82.6 cm³/mol. The number of Topliss-reactive ketones (excluding diaryl/α,β-unsaturated/α-hetero) is 1. The number of ketones is 1. The zero-order valence-electron chi connectivity index (χ0n) is 13.3. The lowest BCUT2D eigenvalue weighted by atomic mass is 9.73. The van der Waals surface area contributed by atoms with Gasteiger partial charge in [0.05, 0.1) is 0 Å². The van der Waals surface area contributed by atoms with Crippen LogP contribution in [0.1, 0.15) is 60.8 Å². The molecular weight excluding hydrogens is 264 g/mol. The Morgan fingerprint density at radius 2 is 1.57 bits per heavy atom. The van der Waals surface area contributed by atoms with Crippen molar-refractivity contribution in [3.05, 3.63) is 34.4 Å². The van der Waals surface area contributed by atoms with Gasteiger partial charge in [0, 0.05) is 5.92 Å². The number of carbonyl (C=O) groups is 2. The number of carboxylic acids is 1. The van der Waals surface area contributed by atoms with Crippen LogP contribution in [0, 0.1) is 26.2 Å². The van der Waals surface area contributed by atoms with E-state index >= 15 is 0 Å². The molecule has 0 saturated heterocycles. The Kier molecular flexibility index (Phi) is 4.22. The number of rotatable bonds is 4. The van der Waals surface area contributed by atoms with E-state index < -0.39 is 11.4 Å². The second-order valence-corrected chi connectivity index (χ2v) is 6.49. The van der Waals surface area contributed by atoms with Gasteiger partial charge in [0.25, 0.3) is 0 Å². The molecule has 1 atom stereocenters. The van der Waals surface area contributed by atoms with E-state index in [1.165, 1.54) is 5.56 Å². The van der Waals surface area contributed by atoms with E-state index in [2.05, 4.69) is 12.1 Å².